The fourth-order valence-electron chi connectivity index (χ4n) is 3.24. The summed E-state index contributed by atoms with van der Waals surface area (Å²) in [5.74, 6) is 0.402. The third kappa shape index (κ3) is 4.31. The number of nitrogens with one attached hydrogen (secondary N) is 1. The molecule has 142 valence electrons. The summed E-state index contributed by atoms with van der Waals surface area (Å²) in [5, 5.41) is 0.843. The minimum absolute atomic E-state index is 0.0898. The molecule has 2 heterocycles. The molecule has 1 aliphatic carbocycles. The molecule has 5 nitrogen and oxygen atoms in total. The van der Waals surface area contributed by atoms with Crippen molar-refractivity contribution in [3.05, 3.63) is 20.8 Å². The van der Waals surface area contributed by atoms with Crippen molar-refractivity contribution in [2.75, 3.05) is 6.61 Å². The lowest BCUT2D eigenvalue weighted by atomic mass is 9.89. The molecular formula is C19H26N2O3S2. The number of rotatable bonds is 7. The van der Waals surface area contributed by atoms with Crippen LogP contribution in [0.3, 0.4) is 0 Å². The van der Waals surface area contributed by atoms with Crippen molar-refractivity contribution >= 4 is 39.3 Å². The first-order valence-electron chi connectivity index (χ1n) is 9.37. The molecule has 26 heavy (non-hydrogen) atoms. The Bertz CT molecular complexity index is 843. The van der Waals surface area contributed by atoms with E-state index in [2.05, 4.69) is 23.8 Å². The van der Waals surface area contributed by atoms with E-state index >= 15 is 0 Å². The number of unbranched alkanes of at least 4 members (excludes halogenated alkanes) is 2. The molecule has 0 aromatic carbocycles. The highest BCUT2D eigenvalue weighted by molar-refractivity contribution is 8.00. The van der Waals surface area contributed by atoms with Crippen molar-refractivity contribution < 1.29 is 9.53 Å². The van der Waals surface area contributed by atoms with Gasteiger partial charge in [0.15, 0.2) is 5.16 Å². The van der Waals surface area contributed by atoms with Crippen LogP contribution in [-0.4, -0.2) is 27.8 Å². The van der Waals surface area contributed by atoms with Crippen molar-refractivity contribution in [3.63, 3.8) is 0 Å². The van der Waals surface area contributed by atoms with E-state index in [0.29, 0.717) is 17.7 Å². The minimum atomic E-state index is -0.396. The molecule has 2 aromatic rings. The van der Waals surface area contributed by atoms with Gasteiger partial charge < -0.3 is 9.72 Å². The molecule has 0 fully saturated rings. The van der Waals surface area contributed by atoms with Gasteiger partial charge in [-0.1, -0.05) is 38.5 Å². The Morgan fingerprint density at radius 2 is 2.27 bits per heavy atom. The molecule has 1 aliphatic rings. The molecule has 0 aliphatic heterocycles. The summed E-state index contributed by atoms with van der Waals surface area (Å²) in [4.78, 5) is 34.2. The standard InChI is InChI=1S/C19H26N2O3S2/c1-4-5-6-9-24-18(23)12(3)25-19-20-16(22)15-13-8-7-11(2)10-14(13)26-17(15)21-19/h11-12H,4-10H2,1-3H3,(H,20,21,22). The molecule has 3 rings (SSSR count). The number of carbonyl (C=O) groups excluding carboxylic acids is 1. The van der Waals surface area contributed by atoms with Gasteiger partial charge in [0.2, 0.25) is 0 Å². The van der Waals surface area contributed by atoms with E-state index in [4.69, 9.17) is 4.74 Å². The molecule has 0 saturated heterocycles. The zero-order valence-electron chi connectivity index (χ0n) is 15.6. The number of hydrogen-bond donors (Lipinski definition) is 1. The molecule has 7 heteroatoms. The van der Waals surface area contributed by atoms with Crippen molar-refractivity contribution in [1.82, 2.24) is 9.97 Å². The van der Waals surface area contributed by atoms with Gasteiger partial charge in [0.25, 0.3) is 5.56 Å². The van der Waals surface area contributed by atoms with E-state index < -0.39 is 5.25 Å². The fourth-order valence-corrected chi connectivity index (χ4v) is 5.48. The maximum atomic E-state index is 12.6. The number of ether oxygens (including phenoxy) is 1. The lowest BCUT2D eigenvalue weighted by molar-refractivity contribution is -0.142. The largest absolute Gasteiger partial charge is 0.465 e. The minimum Gasteiger partial charge on any atom is -0.465 e. The highest BCUT2D eigenvalue weighted by atomic mass is 32.2. The number of nitrogens with zero attached hydrogens (tertiary/aromatic N) is 1. The van der Waals surface area contributed by atoms with E-state index in [1.807, 2.05) is 0 Å². The summed E-state index contributed by atoms with van der Waals surface area (Å²) in [6, 6.07) is 0. The average Bonchev–Trinajstić information content (AvgIpc) is 2.96. The van der Waals surface area contributed by atoms with Gasteiger partial charge in [-0.25, -0.2) is 4.98 Å². The Hall–Kier alpha value is -1.34. The van der Waals surface area contributed by atoms with E-state index in [1.165, 1.54) is 22.2 Å². The number of aryl methyl sites for hydroxylation is 1. The van der Waals surface area contributed by atoms with Gasteiger partial charge in [-0.05, 0) is 44.1 Å². The van der Waals surface area contributed by atoms with Gasteiger partial charge in [0.05, 0.1) is 12.0 Å². The predicted octanol–water partition coefficient (Wildman–Crippen LogP) is 4.32. The lowest BCUT2D eigenvalue weighted by Gasteiger charge is -2.17. The van der Waals surface area contributed by atoms with E-state index in [0.717, 1.165) is 48.7 Å². The van der Waals surface area contributed by atoms with Gasteiger partial charge in [0.1, 0.15) is 10.1 Å². The van der Waals surface area contributed by atoms with Crippen molar-refractivity contribution in [3.8, 4) is 0 Å². The first kappa shape index (κ1) is 19.4. The Labute approximate surface area is 161 Å². The first-order chi connectivity index (χ1) is 12.5. The van der Waals surface area contributed by atoms with Crippen LogP contribution < -0.4 is 5.56 Å². The van der Waals surface area contributed by atoms with Crippen LogP contribution in [0.15, 0.2) is 9.95 Å². The number of aromatic amines is 1. The maximum Gasteiger partial charge on any atom is 0.319 e. The first-order valence-corrected chi connectivity index (χ1v) is 11.1. The fraction of sp³-hybridized carbons (Fsp3) is 0.632. The second-order valence-electron chi connectivity index (χ2n) is 7.04. The monoisotopic (exact) mass is 394 g/mol. The molecule has 1 N–H and O–H groups in total. The number of thiophene rings is 1. The van der Waals surface area contributed by atoms with Crippen molar-refractivity contribution in [2.24, 2.45) is 5.92 Å². The van der Waals surface area contributed by atoms with Gasteiger partial charge >= 0.3 is 5.97 Å². The SMILES string of the molecule is CCCCCOC(=O)C(C)Sc1nc2sc3c(c2c(=O)[nH]1)CCC(C)C3. The molecular weight excluding hydrogens is 368 g/mol. The topological polar surface area (TPSA) is 72.0 Å². The molecule has 2 aromatic heterocycles. The Balaban J connectivity index is 1.73. The second-order valence-corrected chi connectivity index (χ2v) is 9.45. The molecule has 0 bridgehead atoms. The number of fused-ring (bicyclic) bond motifs is 3. The predicted molar refractivity (Wildman–Crippen MR) is 107 cm³/mol. The van der Waals surface area contributed by atoms with Gasteiger partial charge in [-0.15, -0.1) is 11.3 Å². The molecule has 2 atom stereocenters. The molecule has 2 unspecified atom stereocenters. The summed E-state index contributed by atoms with van der Waals surface area (Å²) in [6.45, 7) is 6.61. The van der Waals surface area contributed by atoms with Crippen LogP contribution in [0.1, 0.15) is 56.9 Å². The van der Waals surface area contributed by atoms with Crippen LogP contribution in [0.2, 0.25) is 0 Å². The third-order valence-electron chi connectivity index (χ3n) is 4.76. The third-order valence-corrected chi connectivity index (χ3v) is 6.87. The molecule has 0 saturated carbocycles. The summed E-state index contributed by atoms with van der Waals surface area (Å²) >= 11 is 2.88. The second kappa shape index (κ2) is 8.57. The summed E-state index contributed by atoms with van der Waals surface area (Å²) in [6.07, 6.45) is 6.14. The number of carbonyl (C=O) groups is 1. The number of esters is 1. The van der Waals surface area contributed by atoms with Crippen LogP contribution in [0.25, 0.3) is 10.2 Å². The van der Waals surface area contributed by atoms with Gasteiger partial charge in [-0.3, -0.25) is 9.59 Å². The number of hydrogen-bond acceptors (Lipinski definition) is 6. The Morgan fingerprint density at radius 3 is 3.04 bits per heavy atom. The van der Waals surface area contributed by atoms with Gasteiger partial charge in [0, 0.05) is 4.88 Å². The number of aromatic nitrogens is 2. The van der Waals surface area contributed by atoms with Crippen LogP contribution in [0, 0.1) is 5.92 Å². The Kier molecular flexibility index (Phi) is 6.40. The van der Waals surface area contributed by atoms with Crippen LogP contribution in [-0.2, 0) is 22.4 Å². The van der Waals surface area contributed by atoms with E-state index in [9.17, 15) is 9.59 Å². The summed E-state index contributed by atoms with van der Waals surface area (Å²) in [7, 11) is 0. The van der Waals surface area contributed by atoms with Gasteiger partial charge in [-0.2, -0.15) is 0 Å². The van der Waals surface area contributed by atoms with Crippen molar-refractivity contribution in [1.29, 1.82) is 0 Å². The molecule has 0 radical (unpaired) electrons. The number of thioether (sulfide) groups is 1. The summed E-state index contributed by atoms with van der Waals surface area (Å²) < 4.78 is 5.30. The van der Waals surface area contributed by atoms with E-state index in [-0.39, 0.29) is 11.5 Å². The molecule has 0 amide bonds. The van der Waals surface area contributed by atoms with Crippen molar-refractivity contribution in [2.45, 2.75) is 69.7 Å². The zero-order chi connectivity index (χ0) is 18.7. The van der Waals surface area contributed by atoms with Crippen LogP contribution in [0.4, 0.5) is 0 Å². The van der Waals surface area contributed by atoms with Crippen LogP contribution >= 0.6 is 23.1 Å². The smallest absolute Gasteiger partial charge is 0.319 e. The number of H-pyrrole nitrogens is 1. The normalized spacial score (nSPS) is 17.9. The van der Waals surface area contributed by atoms with Crippen LogP contribution in [0.5, 0.6) is 0 Å². The molecule has 0 spiro atoms. The maximum absolute atomic E-state index is 12.6. The highest BCUT2D eigenvalue weighted by Gasteiger charge is 2.24. The highest BCUT2D eigenvalue weighted by Crippen LogP contribution is 2.36. The quantitative estimate of drug-likeness (QED) is 0.328. The summed E-state index contributed by atoms with van der Waals surface area (Å²) in [5.41, 5.74) is 1.09. The average molecular weight is 395 g/mol. The lowest BCUT2D eigenvalue weighted by Crippen LogP contribution is -2.19. The Morgan fingerprint density at radius 1 is 1.46 bits per heavy atom. The van der Waals surface area contributed by atoms with E-state index in [1.54, 1.807) is 18.3 Å². The zero-order valence-corrected chi connectivity index (χ0v) is 17.2.